The number of fused-ring (bicyclic) bond motifs is 1. The van der Waals surface area contributed by atoms with Crippen molar-refractivity contribution in [3.63, 3.8) is 0 Å². The Kier molecular flexibility index (Phi) is 5.61. The number of carbonyl (C=O) groups is 1. The second-order valence-electron chi connectivity index (χ2n) is 5.84. The summed E-state index contributed by atoms with van der Waals surface area (Å²) >= 11 is 0. The normalized spacial score (nSPS) is 11.7. The predicted molar refractivity (Wildman–Crippen MR) is 104 cm³/mol. The zero-order chi connectivity index (χ0) is 20.3. The lowest BCUT2D eigenvalue weighted by Gasteiger charge is -2.20. The van der Waals surface area contributed by atoms with E-state index in [0.717, 1.165) is 0 Å². The van der Waals surface area contributed by atoms with Crippen LogP contribution in [-0.2, 0) is 10.0 Å². The van der Waals surface area contributed by atoms with Gasteiger partial charge >= 0.3 is 0 Å². The van der Waals surface area contributed by atoms with Crippen LogP contribution in [0.3, 0.4) is 0 Å². The maximum absolute atomic E-state index is 12.9. The van der Waals surface area contributed by atoms with Gasteiger partial charge in [-0.05, 0) is 24.3 Å². The molecule has 1 amide bonds. The molecule has 9 nitrogen and oxygen atoms in total. The van der Waals surface area contributed by atoms with E-state index in [4.69, 9.17) is 4.74 Å². The van der Waals surface area contributed by atoms with Crippen molar-refractivity contribution in [2.45, 2.75) is 18.7 Å². The van der Waals surface area contributed by atoms with Gasteiger partial charge in [0, 0.05) is 30.9 Å². The number of ether oxygens (including phenoxy) is 1. The van der Waals surface area contributed by atoms with Crippen LogP contribution in [0.25, 0.3) is 5.65 Å². The van der Waals surface area contributed by atoms with Gasteiger partial charge in [-0.15, -0.1) is 0 Å². The number of carbonyl (C=O) groups excluding carboxylic acids is 1. The molecule has 0 fully saturated rings. The van der Waals surface area contributed by atoms with Gasteiger partial charge in [-0.3, -0.25) is 4.79 Å². The Bertz CT molecular complexity index is 1110. The van der Waals surface area contributed by atoms with E-state index in [0.29, 0.717) is 24.6 Å². The summed E-state index contributed by atoms with van der Waals surface area (Å²) in [6.07, 6.45) is 3.12. The number of methoxy groups -OCH3 is 1. The first kappa shape index (κ1) is 19.8. The van der Waals surface area contributed by atoms with Crippen LogP contribution in [0.5, 0.6) is 5.75 Å². The fourth-order valence-electron chi connectivity index (χ4n) is 2.84. The van der Waals surface area contributed by atoms with Crippen molar-refractivity contribution in [1.29, 1.82) is 0 Å². The van der Waals surface area contributed by atoms with Gasteiger partial charge in [-0.2, -0.15) is 13.9 Å². The minimum Gasteiger partial charge on any atom is -0.495 e. The number of sulfonamides is 1. The van der Waals surface area contributed by atoms with Crippen LogP contribution < -0.4 is 10.1 Å². The summed E-state index contributed by atoms with van der Waals surface area (Å²) in [7, 11) is -2.41. The van der Waals surface area contributed by atoms with E-state index in [2.05, 4.69) is 15.4 Å². The van der Waals surface area contributed by atoms with Crippen LogP contribution >= 0.6 is 0 Å². The number of anilines is 1. The summed E-state index contributed by atoms with van der Waals surface area (Å²) in [4.78, 5) is 16.8. The van der Waals surface area contributed by atoms with Gasteiger partial charge in [0.15, 0.2) is 5.65 Å². The van der Waals surface area contributed by atoms with E-state index >= 15 is 0 Å². The molecule has 0 spiro atoms. The lowest BCUT2D eigenvalue weighted by molar-refractivity contribution is 0.102. The number of amides is 1. The van der Waals surface area contributed by atoms with E-state index in [1.54, 1.807) is 38.4 Å². The summed E-state index contributed by atoms with van der Waals surface area (Å²) in [6, 6.07) is 7.62. The molecule has 2 heterocycles. The van der Waals surface area contributed by atoms with Crippen molar-refractivity contribution in [2.24, 2.45) is 0 Å². The second-order valence-corrected chi connectivity index (χ2v) is 7.75. The van der Waals surface area contributed by atoms with E-state index in [-0.39, 0.29) is 16.2 Å². The van der Waals surface area contributed by atoms with Gasteiger partial charge in [-0.1, -0.05) is 13.8 Å². The summed E-state index contributed by atoms with van der Waals surface area (Å²) in [6.45, 7) is 4.13. The average molecular weight is 403 g/mol. The van der Waals surface area contributed by atoms with Crippen molar-refractivity contribution in [1.82, 2.24) is 18.9 Å². The molecule has 148 valence electrons. The third-order valence-corrected chi connectivity index (χ3v) is 6.35. The van der Waals surface area contributed by atoms with Crippen molar-refractivity contribution in [3.05, 3.63) is 48.3 Å². The highest BCUT2D eigenvalue weighted by Crippen LogP contribution is 2.28. The van der Waals surface area contributed by atoms with E-state index in [1.807, 2.05) is 0 Å². The monoisotopic (exact) mass is 403 g/mol. The molecule has 0 bridgehead atoms. The molecule has 0 aliphatic carbocycles. The molecular weight excluding hydrogens is 382 g/mol. The molecule has 0 radical (unpaired) electrons. The molecule has 1 aromatic carbocycles. The van der Waals surface area contributed by atoms with Gasteiger partial charge in [0.05, 0.1) is 13.3 Å². The first-order chi connectivity index (χ1) is 13.4. The number of benzene rings is 1. The van der Waals surface area contributed by atoms with Crippen LogP contribution in [0.1, 0.15) is 24.2 Å². The minimum atomic E-state index is -3.80. The lowest BCUT2D eigenvalue weighted by Crippen LogP contribution is -2.31. The van der Waals surface area contributed by atoms with Crippen molar-refractivity contribution in [3.8, 4) is 5.75 Å². The standard InChI is InChI=1S/C18H21N5O4S/c1-4-22(5-2)28(25,26)15-12-13(6-7-14(15)27-3)18(24)21-17-8-10-19-16-9-11-20-23(16)17/h6-12H,4-5H2,1-3H3,(H,21,24). The highest BCUT2D eigenvalue weighted by molar-refractivity contribution is 7.89. The fourth-order valence-corrected chi connectivity index (χ4v) is 4.48. The summed E-state index contributed by atoms with van der Waals surface area (Å²) in [5.41, 5.74) is 0.765. The van der Waals surface area contributed by atoms with E-state index in [9.17, 15) is 13.2 Å². The minimum absolute atomic E-state index is 0.0506. The third kappa shape index (κ3) is 3.56. The van der Waals surface area contributed by atoms with Gasteiger partial charge in [0.25, 0.3) is 5.91 Å². The smallest absolute Gasteiger partial charge is 0.256 e. The molecule has 2 aromatic heterocycles. The van der Waals surface area contributed by atoms with Crippen molar-refractivity contribution >= 4 is 27.4 Å². The Morgan fingerprint density at radius 3 is 2.61 bits per heavy atom. The van der Waals surface area contributed by atoms with Crippen molar-refractivity contribution < 1.29 is 17.9 Å². The van der Waals surface area contributed by atoms with Gasteiger partial charge in [0.2, 0.25) is 10.0 Å². The molecule has 1 N–H and O–H groups in total. The molecule has 0 saturated carbocycles. The van der Waals surface area contributed by atoms with Gasteiger partial charge in [0.1, 0.15) is 16.5 Å². The third-order valence-electron chi connectivity index (χ3n) is 4.28. The van der Waals surface area contributed by atoms with Gasteiger partial charge < -0.3 is 10.1 Å². The Balaban J connectivity index is 1.99. The molecule has 28 heavy (non-hydrogen) atoms. The van der Waals surface area contributed by atoms with E-state index in [1.165, 1.54) is 34.1 Å². The number of aromatic nitrogens is 3. The maximum atomic E-state index is 12.9. The first-order valence-corrected chi connectivity index (χ1v) is 10.1. The number of rotatable bonds is 7. The second kappa shape index (κ2) is 7.95. The SMILES string of the molecule is CCN(CC)S(=O)(=O)c1cc(C(=O)Nc2ccnc3ccnn23)ccc1OC. The molecule has 0 aliphatic rings. The molecule has 10 heteroatoms. The highest BCUT2D eigenvalue weighted by atomic mass is 32.2. The lowest BCUT2D eigenvalue weighted by atomic mass is 10.2. The van der Waals surface area contributed by atoms with Crippen LogP contribution in [-0.4, -0.2) is 53.4 Å². The average Bonchev–Trinajstić information content (AvgIpc) is 3.18. The molecular formula is C18H21N5O4S. The van der Waals surface area contributed by atoms with Crippen LogP contribution in [0.4, 0.5) is 5.82 Å². The number of nitrogens with one attached hydrogen (secondary N) is 1. The zero-order valence-corrected chi connectivity index (χ0v) is 16.6. The Hall–Kier alpha value is -2.98. The van der Waals surface area contributed by atoms with Crippen LogP contribution in [0.15, 0.2) is 47.6 Å². The van der Waals surface area contributed by atoms with Gasteiger partial charge in [-0.25, -0.2) is 13.4 Å². The van der Waals surface area contributed by atoms with Crippen molar-refractivity contribution in [2.75, 3.05) is 25.5 Å². The highest BCUT2D eigenvalue weighted by Gasteiger charge is 2.27. The van der Waals surface area contributed by atoms with Crippen LogP contribution in [0.2, 0.25) is 0 Å². The maximum Gasteiger partial charge on any atom is 0.256 e. The van der Waals surface area contributed by atoms with E-state index < -0.39 is 15.9 Å². The molecule has 0 aliphatic heterocycles. The molecule has 0 atom stereocenters. The first-order valence-electron chi connectivity index (χ1n) is 8.70. The summed E-state index contributed by atoms with van der Waals surface area (Å²) in [5, 5.41) is 6.84. The Morgan fingerprint density at radius 2 is 1.93 bits per heavy atom. The summed E-state index contributed by atoms with van der Waals surface area (Å²) in [5.74, 6) is 0.132. The largest absolute Gasteiger partial charge is 0.495 e. The number of nitrogens with zero attached hydrogens (tertiary/aromatic N) is 4. The molecule has 3 aromatic rings. The molecule has 3 rings (SSSR count). The Labute approximate surface area is 163 Å². The number of hydrogen-bond acceptors (Lipinski definition) is 6. The predicted octanol–water partition coefficient (Wildman–Crippen LogP) is 2.02. The molecule has 0 saturated heterocycles. The zero-order valence-electron chi connectivity index (χ0n) is 15.8. The molecule has 0 unspecified atom stereocenters. The van der Waals surface area contributed by atoms with Crippen LogP contribution in [0, 0.1) is 0 Å². The fraction of sp³-hybridized carbons (Fsp3) is 0.278. The topological polar surface area (TPSA) is 106 Å². The quantitative estimate of drug-likeness (QED) is 0.647. The summed E-state index contributed by atoms with van der Waals surface area (Å²) < 4.78 is 33.9. The number of hydrogen-bond donors (Lipinski definition) is 1. The Morgan fingerprint density at radius 1 is 1.18 bits per heavy atom.